The number of oxime groups is 3. The van der Waals surface area contributed by atoms with Gasteiger partial charge in [-0.15, -0.1) is 0 Å². The van der Waals surface area contributed by atoms with Gasteiger partial charge in [-0.2, -0.15) is 15.3 Å². The Kier molecular flexibility index (Phi) is 25.8. The quantitative estimate of drug-likeness (QED) is 0.0264. The maximum Gasteiger partial charge on any atom is 0.282 e. The third kappa shape index (κ3) is 22.4. The molecule has 0 aliphatic heterocycles. The number of halogens is 9. The Morgan fingerprint density at radius 1 is 0.484 bits per heavy atom. The summed E-state index contributed by atoms with van der Waals surface area (Å²) in [7, 11) is 4.39. The van der Waals surface area contributed by atoms with Gasteiger partial charge in [0.1, 0.15) is 69.6 Å². The van der Waals surface area contributed by atoms with E-state index in [9.17, 15) is 40.7 Å². The highest BCUT2D eigenvalue weighted by atomic mass is 35.5. The predicted octanol–water partition coefficient (Wildman–Crippen LogP) is 11.2. The van der Waals surface area contributed by atoms with E-state index < -0.39 is 54.1 Å². The summed E-state index contributed by atoms with van der Waals surface area (Å²) in [6.07, 6.45) is 5.77. The van der Waals surface area contributed by atoms with E-state index in [1.165, 1.54) is 39.7 Å². The molecule has 0 aromatic carbocycles. The lowest BCUT2D eigenvalue weighted by atomic mass is 10.2. The van der Waals surface area contributed by atoms with E-state index in [2.05, 4.69) is 97.2 Å². The summed E-state index contributed by atoms with van der Waals surface area (Å²) < 4.78 is 82.3. The van der Waals surface area contributed by atoms with Gasteiger partial charge in [0.05, 0.1) is 51.4 Å². The van der Waals surface area contributed by atoms with E-state index in [1.54, 1.807) is 78.3 Å². The van der Waals surface area contributed by atoms with E-state index in [1.807, 2.05) is 0 Å². The number of aromatic nitrogens is 9. The summed E-state index contributed by atoms with van der Waals surface area (Å²) in [6.45, 7) is 10.3. The van der Waals surface area contributed by atoms with Crippen molar-refractivity contribution in [3.8, 4) is 35.5 Å². The van der Waals surface area contributed by atoms with E-state index in [-0.39, 0.29) is 86.8 Å². The first-order valence-electron chi connectivity index (χ1n) is 29.2. The number of aryl methyl sites for hydroxylation is 3. The van der Waals surface area contributed by atoms with Crippen molar-refractivity contribution in [2.24, 2.45) is 54.4 Å². The zero-order valence-corrected chi connectivity index (χ0v) is 54.2. The molecule has 30 heteroatoms. The van der Waals surface area contributed by atoms with Crippen LogP contribution in [-0.4, -0.2) is 117 Å². The van der Waals surface area contributed by atoms with Crippen LogP contribution in [0.5, 0.6) is 0 Å². The molecule has 3 N–H and O–H groups in total. The highest BCUT2D eigenvalue weighted by Gasteiger charge is 2.28. The SMILES string of the molecule is CC(C)O/N=C(/CNC(=O)c1cn(C)nc1C(F)F)c1ncc(C#CC2CC2)cc1Cl.CC(C)O/N=C(/CNC(=O)c1cn(C)nc1C(F)F)c1ncc(C#CC2CC2)cc1Cl.CC(C)O/N=C(\CNC(=O)c1cn(C)nc1C(F)F)c1ncc(C#CC2CC2)cc1Cl. The van der Waals surface area contributed by atoms with Gasteiger partial charge in [-0.25, -0.2) is 26.3 Å². The average molecular weight is 1350 g/mol. The molecule has 3 aliphatic rings. The molecular weight excluding hydrogens is 1280 g/mol. The number of hydrogen-bond donors (Lipinski definition) is 3. The van der Waals surface area contributed by atoms with Crippen molar-refractivity contribution < 1.29 is 55.2 Å². The van der Waals surface area contributed by atoms with Gasteiger partial charge in [-0.05, 0) is 98.3 Å². The number of pyridine rings is 3. The first kappa shape index (κ1) is 71.5. The lowest BCUT2D eigenvalue weighted by Gasteiger charge is -2.11. The molecular formula is C63H66Cl3F6N15O6. The molecule has 0 saturated heterocycles. The Balaban J connectivity index is 0.000000198. The molecule has 492 valence electrons. The molecule has 0 atom stereocenters. The van der Waals surface area contributed by atoms with Gasteiger partial charge in [0, 0.05) is 92.8 Å². The molecule has 3 saturated carbocycles. The predicted molar refractivity (Wildman–Crippen MR) is 336 cm³/mol. The van der Waals surface area contributed by atoms with E-state index in [0.29, 0.717) is 51.5 Å². The van der Waals surface area contributed by atoms with Crippen LogP contribution in [-0.2, 0) is 35.7 Å². The monoisotopic (exact) mass is 1350 g/mol. The van der Waals surface area contributed by atoms with Gasteiger partial charge >= 0.3 is 0 Å². The summed E-state index contributed by atoms with van der Waals surface area (Å²) in [5.74, 6) is 17.7. The smallest absolute Gasteiger partial charge is 0.282 e. The zero-order chi connectivity index (χ0) is 67.6. The number of carbonyl (C=O) groups excluding carboxylic acids is 3. The van der Waals surface area contributed by atoms with E-state index >= 15 is 0 Å². The van der Waals surface area contributed by atoms with Crippen LogP contribution in [0.4, 0.5) is 26.3 Å². The Labute approximate surface area is 547 Å². The lowest BCUT2D eigenvalue weighted by molar-refractivity contribution is 0.0850. The molecule has 3 fully saturated rings. The fourth-order valence-corrected chi connectivity index (χ4v) is 8.51. The number of rotatable bonds is 21. The van der Waals surface area contributed by atoms with Gasteiger partial charge in [0.2, 0.25) is 0 Å². The summed E-state index contributed by atoms with van der Waals surface area (Å²) in [5, 5.41) is 31.6. The number of hydrogen-bond acceptors (Lipinski definition) is 15. The topological polar surface area (TPSA) is 244 Å². The van der Waals surface area contributed by atoms with Crippen molar-refractivity contribution in [2.45, 2.75) is 118 Å². The third-order valence-electron chi connectivity index (χ3n) is 12.6. The minimum absolute atomic E-state index is 0.136. The molecule has 93 heavy (non-hydrogen) atoms. The second-order valence-electron chi connectivity index (χ2n) is 22.1. The summed E-state index contributed by atoms with van der Waals surface area (Å²) in [5.41, 5.74) is 1.25. The van der Waals surface area contributed by atoms with Gasteiger partial charge < -0.3 is 30.5 Å². The van der Waals surface area contributed by atoms with Crippen LogP contribution < -0.4 is 16.0 Å². The molecule has 0 radical (unpaired) electrons. The van der Waals surface area contributed by atoms with Crippen molar-refractivity contribution in [2.75, 3.05) is 19.6 Å². The van der Waals surface area contributed by atoms with Crippen molar-refractivity contribution in [1.82, 2.24) is 60.2 Å². The maximum absolute atomic E-state index is 13.1. The molecule has 3 aliphatic carbocycles. The Hall–Kier alpha value is -8.97. The summed E-state index contributed by atoms with van der Waals surface area (Å²) in [4.78, 5) is 66.4. The highest BCUT2D eigenvalue weighted by molar-refractivity contribution is 6.35. The van der Waals surface area contributed by atoms with Crippen molar-refractivity contribution in [1.29, 1.82) is 0 Å². The zero-order valence-electron chi connectivity index (χ0n) is 52.0. The van der Waals surface area contributed by atoms with Crippen LogP contribution in [0.1, 0.15) is 181 Å². The van der Waals surface area contributed by atoms with Gasteiger partial charge in [-0.1, -0.05) is 85.8 Å². The van der Waals surface area contributed by atoms with Crippen LogP contribution in [0.3, 0.4) is 0 Å². The van der Waals surface area contributed by atoms with Crippen molar-refractivity contribution in [3.63, 3.8) is 0 Å². The molecule has 6 heterocycles. The molecule has 21 nitrogen and oxygen atoms in total. The second kappa shape index (κ2) is 33.6. The fraction of sp³-hybridized carbons (Fsp3) is 0.429. The highest BCUT2D eigenvalue weighted by Crippen LogP contribution is 2.30. The van der Waals surface area contributed by atoms with Gasteiger partial charge in [0.15, 0.2) is 0 Å². The van der Waals surface area contributed by atoms with Crippen LogP contribution in [0.2, 0.25) is 15.1 Å². The number of nitrogens with zero attached hydrogens (tertiary/aromatic N) is 12. The first-order chi connectivity index (χ1) is 44.2. The Morgan fingerprint density at radius 3 is 0.935 bits per heavy atom. The average Bonchev–Trinajstić information content (AvgIpc) is 2.06. The molecule has 0 bridgehead atoms. The maximum atomic E-state index is 13.1. The Morgan fingerprint density at radius 2 is 0.731 bits per heavy atom. The minimum atomic E-state index is -2.88. The standard InChI is InChI=1S/3C21H22ClF2N5O2/c3*1-12(2)31-28-17(10-26-21(30)15-11-29(3)27-18(15)20(23)24)19-16(22)8-14(9-25-19)7-6-13-4-5-13/h3*8-9,11-13,20H,4-5,10H2,1-3H3,(H,26,30)/b28-17+;2*28-17-. The number of alkyl halides is 6. The van der Waals surface area contributed by atoms with Crippen LogP contribution >= 0.6 is 34.8 Å². The van der Waals surface area contributed by atoms with Crippen molar-refractivity contribution in [3.05, 3.63) is 138 Å². The fourth-order valence-electron chi connectivity index (χ4n) is 7.68. The third-order valence-corrected chi connectivity index (χ3v) is 13.5. The van der Waals surface area contributed by atoms with Crippen molar-refractivity contribution >= 4 is 69.7 Å². The number of amides is 3. The normalized spacial score (nSPS) is 13.9. The van der Waals surface area contributed by atoms with E-state index in [4.69, 9.17) is 49.3 Å². The first-order valence-corrected chi connectivity index (χ1v) is 30.4. The second-order valence-corrected chi connectivity index (χ2v) is 23.3. The molecule has 0 unspecified atom stereocenters. The van der Waals surface area contributed by atoms with Gasteiger partial charge in [-0.3, -0.25) is 43.4 Å². The largest absolute Gasteiger partial charge is 0.393 e. The van der Waals surface area contributed by atoms with E-state index in [0.717, 1.165) is 52.6 Å². The number of nitrogens with one attached hydrogen (secondary N) is 3. The molecule has 6 aromatic heterocycles. The molecule has 0 spiro atoms. The minimum Gasteiger partial charge on any atom is -0.393 e. The molecule has 9 rings (SSSR count). The molecule has 6 aromatic rings. The Bertz CT molecular complexity index is 3550. The molecule has 3 amide bonds. The summed E-state index contributed by atoms with van der Waals surface area (Å²) >= 11 is 19.1. The lowest BCUT2D eigenvalue weighted by Crippen LogP contribution is -2.31. The van der Waals surface area contributed by atoms with Crippen LogP contribution in [0.25, 0.3) is 0 Å². The number of carbonyl (C=O) groups is 3. The van der Waals surface area contributed by atoms with Crippen LogP contribution in [0, 0.1) is 53.3 Å². The van der Waals surface area contributed by atoms with Gasteiger partial charge in [0.25, 0.3) is 37.0 Å². The van der Waals surface area contributed by atoms with Crippen LogP contribution in [0.15, 0.2) is 70.8 Å². The summed E-state index contributed by atoms with van der Waals surface area (Å²) in [6, 6.07) is 5.01.